The number of piperidine rings is 1. The SMILES string of the molecule is CC1CCC(CN)C(N2CCCC3CCCCC32)C1. The molecule has 0 aromatic carbocycles. The fourth-order valence-corrected chi connectivity index (χ4v) is 5.17. The number of nitrogens with zero attached hydrogens (tertiary/aromatic N) is 1. The Morgan fingerprint density at radius 3 is 2.58 bits per heavy atom. The van der Waals surface area contributed by atoms with Crippen LogP contribution in [-0.2, 0) is 0 Å². The van der Waals surface area contributed by atoms with E-state index in [2.05, 4.69) is 11.8 Å². The third-order valence-electron chi connectivity index (χ3n) is 6.23. The van der Waals surface area contributed by atoms with Gasteiger partial charge in [-0.1, -0.05) is 26.2 Å². The second-order valence-electron chi connectivity index (χ2n) is 7.47. The molecule has 0 radical (unpaired) electrons. The van der Waals surface area contributed by atoms with Crippen LogP contribution in [0.5, 0.6) is 0 Å². The van der Waals surface area contributed by atoms with Crippen molar-refractivity contribution >= 4 is 0 Å². The lowest BCUT2D eigenvalue weighted by Crippen LogP contribution is -2.56. The molecule has 2 N–H and O–H groups in total. The Morgan fingerprint density at radius 2 is 1.74 bits per heavy atom. The standard InChI is InChI=1S/C17H32N2/c1-13-8-9-15(12-18)17(11-13)19-10-4-6-14-5-2-3-7-16(14)19/h13-17H,2-12,18H2,1H3. The van der Waals surface area contributed by atoms with Crippen molar-refractivity contribution in [1.29, 1.82) is 0 Å². The number of rotatable bonds is 2. The van der Waals surface area contributed by atoms with E-state index in [4.69, 9.17) is 5.73 Å². The third-order valence-corrected chi connectivity index (χ3v) is 6.23. The van der Waals surface area contributed by atoms with Crippen molar-refractivity contribution in [1.82, 2.24) is 4.90 Å². The summed E-state index contributed by atoms with van der Waals surface area (Å²) in [6.45, 7) is 4.71. The fraction of sp³-hybridized carbons (Fsp3) is 1.00. The Kier molecular flexibility index (Phi) is 4.48. The van der Waals surface area contributed by atoms with Crippen LogP contribution in [0.25, 0.3) is 0 Å². The molecule has 1 aliphatic heterocycles. The molecule has 0 aromatic heterocycles. The van der Waals surface area contributed by atoms with Gasteiger partial charge in [-0.2, -0.15) is 0 Å². The van der Waals surface area contributed by atoms with E-state index in [0.29, 0.717) is 0 Å². The van der Waals surface area contributed by atoms with Crippen LogP contribution in [0.1, 0.15) is 64.7 Å². The zero-order valence-electron chi connectivity index (χ0n) is 12.7. The molecule has 3 rings (SSSR count). The van der Waals surface area contributed by atoms with Gasteiger partial charge in [0.2, 0.25) is 0 Å². The van der Waals surface area contributed by atoms with E-state index in [-0.39, 0.29) is 0 Å². The van der Waals surface area contributed by atoms with Crippen molar-refractivity contribution in [2.45, 2.75) is 76.8 Å². The summed E-state index contributed by atoms with van der Waals surface area (Å²) in [5, 5.41) is 0. The average Bonchev–Trinajstić information content (AvgIpc) is 2.46. The van der Waals surface area contributed by atoms with Crippen LogP contribution in [-0.4, -0.2) is 30.1 Å². The summed E-state index contributed by atoms with van der Waals surface area (Å²) in [5.41, 5.74) is 6.09. The van der Waals surface area contributed by atoms with E-state index in [1.54, 1.807) is 0 Å². The zero-order chi connectivity index (χ0) is 13.2. The molecular weight excluding hydrogens is 232 g/mol. The van der Waals surface area contributed by atoms with Crippen LogP contribution in [0.4, 0.5) is 0 Å². The van der Waals surface area contributed by atoms with E-state index >= 15 is 0 Å². The number of nitrogens with two attached hydrogens (primary N) is 1. The molecule has 1 saturated heterocycles. The van der Waals surface area contributed by atoms with Crippen LogP contribution < -0.4 is 5.73 Å². The summed E-state index contributed by atoms with van der Waals surface area (Å²) in [7, 11) is 0. The summed E-state index contributed by atoms with van der Waals surface area (Å²) >= 11 is 0. The largest absolute Gasteiger partial charge is 0.330 e. The van der Waals surface area contributed by atoms with Crippen molar-refractivity contribution < 1.29 is 0 Å². The predicted octanol–water partition coefficient (Wildman–Crippen LogP) is 3.40. The minimum absolute atomic E-state index is 0.775. The monoisotopic (exact) mass is 264 g/mol. The van der Waals surface area contributed by atoms with Gasteiger partial charge < -0.3 is 5.73 Å². The van der Waals surface area contributed by atoms with Crippen molar-refractivity contribution in [2.24, 2.45) is 23.5 Å². The van der Waals surface area contributed by atoms with Gasteiger partial charge in [0.15, 0.2) is 0 Å². The maximum atomic E-state index is 6.09. The lowest BCUT2D eigenvalue weighted by molar-refractivity contribution is -0.0156. The van der Waals surface area contributed by atoms with Gasteiger partial charge in [0.1, 0.15) is 0 Å². The molecule has 2 saturated carbocycles. The Hall–Kier alpha value is -0.0800. The Labute approximate surface area is 119 Å². The van der Waals surface area contributed by atoms with E-state index in [1.165, 1.54) is 64.3 Å². The summed E-state index contributed by atoms with van der Waals surface area (Å²) in [5.74, 6) is 2.70. The highest BCUT2D eigenvalue weighted by Crippen LogP contribution is 2.40. The maximum Gasteiger partial charge on any atom is 0.0141 e. The molecule has 2 aliphatic carbocycles. The lowest BCUT2D eigenvalue weighted by atomic mass is 9.73. The Bertz CT molecular complexity index is 289. The Balaban J connectivity index is 1.74. The van der Waals surface area contributed by atoms with Gasteiger partial charge >= 0.3 is 0 Å². The Morgan fingerprint density at radius 1 is 0.947 bits per heavy atom. The topological polar surface area (TPSA) is 29.3 Å². The minimum Gasteiger partial charge on any atom is -0.330 e. The van der Waals surface area contributed by atoms with Crippen LogP contribution in [0.3, 0.4) is 0 Å². The molecule has 3 fully saturated rings. The van der Waals surface area contributed by atoms with Crippen LogP contribution in [0.2, 0.25) is 0 Å². The van der Waals surface area contributed by atoms with Crippen molar-refractivity contribution in [3.63, 3.8) is 0 Å². The van der Waals surface area contributed by atoms with Crippen molar-refractivity contribution in [2.75, 3.05) is 13.1 Å². The minimum atomic E-state index is 0.775. The van der Waals surface area contributed by atoms with Crippen LogP contribution >= 0.6 is 0 Å². The second kappa shape index (κ2) is 6.13. The van der Waals surface area contributed by atoms with Crippen molar-refractivity contribution in [3.8, 4) is 0 Å². The number of likely N-dealkylation sites (tertiary alicyclic amines) is 1. The molecule has 2 nitrogen and oxygen atoms in total. The number of hydrogen-bond donors (Lipinski definition) is 1. The van der Waals surface area contributed by atoms with Crippen LogP contribution in [0.15, 0.2) is 0 Å². The molecule has 2 heteroatoms. The highest BCUT2D eigenvalue weighted by atomic mass is 15.2. The second-order valence-corrected chi connectivity index (χ2v) is 7.47. The molecule has 5 atom stereocenters. The molecule has 1 heterocycles. The van der Waals surface area contributed by atoms with E-state index in [0.717, 1.165) is 36.4 Å². The first-order valence-corrected chi connectivity index (χ1v) is 8.75. The lowest BCUT2D eigenvalue weighted by Gasteiger charge is -2.51. The quantitative estimate of drug-likeness (QED) is 0.828. The van der Waals surface area contributed by atoms with Gasteiger partial charge in [0, 0.05) is 12.1 Å². The highest BCUT2D eigenvalue weighted by molar-refractivity contribution is 4.95. The molecule has 19 heavy (non-hydrogen) atoms. The number of fused-ring (bicyclic) bond motifs is 1. The normalized spacial score (nSPS) is 44.8. The fourth-order valence-electron chi connectivity index (χ4n) is 5.17. The molecule has 5 unspecified atom stereocenters. The summed E-state index contributed by atoms with van der Waals surface area (Å²) in [6, 6.07) is 1.71. The predicted molar refractivity (Wildman–Crippen MR) is 81.0 cm³/mol. The summed E-state index contributed by atoms with van der Waals surface area (Å²) in [6.07, 6.45) is 13.0. The first kappa shape index (κ1) is 13.9. The average molecular weight is 264 g/mol. The molecule has 0 spiro atoms. The number of hydrogen-bond acceptors (Lipinski definition) is 2. The molecule has 110 valence electrons. The molecular formula is C17H32N2. The van der Waals surface area contributed by atoms with Crippen molar-refractivity contribution in [3.05, 3.63) is 0 Å². The first-order valence-electron chi connectivity index (χ1n) is 8.75. The first-order chi connectivity index (χ1) is 9.29. The summed E-state index contributed by atoms with van der Waals surface area (Å²) < 4.78 is 0. The third kappa shape index (κ3) is 2.85. The van der Waals surface area contributed by atoms with E-state index in [1.807, 2.05) is 0 Å². The molecule has 0 aromatic rings. The van der Waals surface area contributed by atoms with Gasteiger partial charge in [-0.15, -0.1) is 0 Å². The molecule has 0 amide bonds. The summed E-state index contributed by atoms with van der Waals surface area (Å²) in [4.78, 5) is 2.93. The van der Waals surface area contributed by atoms with Gasteiger partial charge in [-0.3, -0.25) is 4.90 Å². The molecule has 0 bridgehead atoms. The van der Waals surface area contributed by atoms with Gasteiger partial charge in [-0.25, -0.2) is 0 Å². The van der Waals surface area contributed by atoms with Gasteiger partial charge in [0.05, 0.1) is 0 Å². The van der Waals surface area contributed by atoms with Gasteiger partial charge in [-0.05, 0) is 69.4 Å². The van der Waals surface area contributed by atoms with Crippen LogP contribution in [0, 0.1) is 17.8 Å². The van der Waals surface area contributed by atoms with E-state index < -0.39 is 0 Å². The molecule has 3 aliphatic rings. The highest BCUT2D eigenvalue weighted by Gasteiger charge is 2.40. The smallest absolute Gasteiger partial charge is 0.0141 e. The maximum absolute atomic E-state index is 6.09. The van der Waals surface area contributed by atoms with E-state index in [9.17, 15) is 0 Å². The van der Waals surface area contributed by atoms with Gasteiger partial charge in [0.25, 0.3) is 0 Å². The zero-order valence-corrected chi connectivity index (χ0v) is 12.7.